The maximum Gasteiger partial charge on any atom is 0.478 e. The van der Waals surface area contributed by atoms with Crippen molar-refractivity contribution in [1.29, 1.82) is 0 Å². The predicted octanol–water partition coefficient (Wildman–Crippen LogP) is -0.650. The lowest BCUT2D eigenvalue weighted by atomic mass is 14.0. The molecular weight excluding hydrogens is 188 g/mol. The summed E-state index contributed by atoms with van der Waals surface area (Å²) in [4.78, 5) is 31.0. The van der Waals surface area contributed by atoms with Crippen molar-refractivity contribution >= 4 is 15.6 Å². The zero-order valence-corrected chi connectivity index (χ0v) is 6.40. The highest BCUT2D eigenvalue weighted by Crippen LogP contribution is 2.53. The topological polar surface area (TPSA) is 159 Å². The Hall–Kier alpha value is 0.220. The van der Waals surface area contributed by atoms with Crippen LogP contribution in [-0.4, -0.2) is 19.6 Å². The van der Waals surface area contributed by atoms with Gasteiger partial charge in [0.1, 0.15) is 0 Å². The van der Waals surface area contributed by atoms with Gasteiger partial charge in [0.25, 0.3) is 0 Å². The summed E-state index contributed by atoms with van der Waals surface area (Å²) in [7, 11) is -10.1. The van der Waals surface area contributed by atoms with Crippen molar-refractivity contribution < 1.29 is 33.0 Å². The highest BCUT2D eigenvalue weighted by atomic mass is 31.3. The van der Waals surface area contributed by atoms with Gasteiger partial charge in [0.2, 0.25) is 0 Å². The Kier molecular flexibility index (Phi) is 4.58. The molecule has 0 aromatic rings. The van der Waals surface area contributed by atoms with Gasteiger partial charge < -0.3 is 25.7 Å². The maximum atomic E-state index is 9.63. The van der Waals surface area contributed by atoms with E-state index in [1.54, 1.807) is 0 Å². The fraction of sp³-hybridized carbons (Fsp3) is 0. The molecule has 0 aromatic heterocycles. The van der Waals surface area contributed by atoms with E-state index >= 15 is 0 Å². The van der Waals surface area contributed by atoms with Crippen LogP contribution in [-0.2, 0) is 13.4 Å². The second kappa shape index (κ2) is 3.56. The quantitative estimate of drug-likeness (QED) is 0.363. The Morgan fingerprint density at radius 2 is 1.10 bits per heavy atom. The molecule has 0 spiro atoms. The molecule has 0 heterocycles. The molecule has 0 aliphatic carbocycles. The van der Waals surface area contributed by atoms with Crippen LogP contribution < -0.4 is 6.15 Å². The SMILES string of the molecule is N.O=P(O)(O)OP(=O)(O)O. The van der Waals surface area contributed by atoms with Gasteiger partial charge in [-0.3, -0.25) is 0 Å². The van der Waals surface area contributed by atoms with Gasteiger partial charge in [-0.2, -0.15) is 4.31 Å². The lowest BCUT2D eigenvalue weighted by molar-refractivity contribution is 0.225. The Balaban J connectivity index is 0. The second-order valence-electron chi connectivity index (χ2n) is 1.06. The summed E-state index contributed by atoms with van der Waals surface area (Å²) in [5.74, 6) is 0. The van der Waals surface area contributed by atoms with E-state index in [9.17, 15) is 9.13 Å². The minimum absolute atomic E-state index is 0. The number of phosphoric acid groups is 2. The third-order valence-electron chi connectivity index (χ3n) is 0.213. The zero-order chi connectivity index (χ0) is 7.71. The standard InChI is InChI=1S/H3N.H4O7P2/c;1-8(2,3)7-9(4,5)6/h1H3;(H2,1,2,3)(H2,4,5,6). The van der Waals surface area contributed by atoms with Gasteiger partial charge in [-0.05, 0) is 0 Å². The highest BCUT2D eigenvalue weighted by molar-refractivity contribution is 7.60. The summed E-state index contributed by atoms with van der Waals surface area (Å²) in [6, 6.07) is 0. The van der Waals surface area contributed by atoms with Gasteiger partial charge >= 0.3 is 15.6 Å². The lowest BCUT2D eigenvalue weighted by Crippen LogP contribution is -1.84. The van der Waals surface area contributed by atoms with Crippen molar-refractivity contribution in [1.82, 2.24) is 6.15 Å². The molecule has 0 atom stereocenters. The molecule has 0 fully saturated rings. The Morgan fingerprint density at radius 3 is 1.10 bits per heavy atom. The molecule has 0 aliphatic heterocycles. The largest absolute Gasteiger partial charge is 0.478 e. The summed E-state index contributed by atoms with van der Waals surface area (Å²) >= 11 is 0. The van der Waals surface area contributed by atoms with E-state index in [0.717, 1.165) is 0 Å². The van der Waals surface area contributed by atoms with Gasteiger partial charge in [0.15, 0.2) is 0 Å². The summed E-state index contributed by atoms with van der Waals surface area (Å²) in [5, 5.41) is 0. The summed E-state index contributed by atoms with van der Waals surface area (Å²) in [6.07, 6.45) is 0. The molecule has 10 heavy (non-hydrogen) atoms. The molecule has 0 aromatic carbocycles. The van der Waals surface area contributed by atoms with Crippen LogP contribution in [0.4, 0.5) is 0 Å². The average molecular weight is 195 g/mol. The first kappa shape index (κ1) is 12.9. The number of hydrogen-bond acceptors (Lipinski definition) is 4. The molecule has 0 bridgehead atoms. The fourth-order valence-corrected chi connectivity index (χ4v) is 1.25. The second-order valence-corrected chi connectivity index (χ2v) is 3.68. The number of rotatable bonds is 2. The highest BCUT2D eigenvalue weighted by Gasteiger charge is 2.27. The molecule has 0 saturated carbocycles. The third kappa shape index (κ3) is 11.1. The van der Waals surface area contributed by atoms with E-state index in [1.807, 2.05) is 0 Å². The van der Waals surface area contributed by atoms with Gasteiger partial charge in [0, 0.05) is 0 Å². The minimum Gasteiger partial charge on any atom is -0.344 e. The molecular formula is H7NO7P2. The Bertz CT molecular complexity index is 152. The number of hydrogen-bond donors (Lipinski definition) is 5. The molecule has 8 nitrogen and oxygen atoms in total. The van der Waals surface area contributed by atoms with Gasteiger partial charge in [0.05, 0.1) is 0 Å². The van der Waals surface area contributed by atoms with E-state index in [2.05, 4.69) is 4.31 Å². The molecule has 10 heteroatoms. The Labute approximate surface area is 55.9 Å². The van der Waals surface area contributed by atoms with E-state index < -0.39 is 15.6 Å². The fourth-order valence-electron chi connectivity index (χ4n) is 0.139. The first-order chi connectivity index (χ1) is 3.71. The smallest absolute Gasteiger partial charge is 0.344 e. The lowest BCUT2D eigenvalue weighted by Gasteiger charge is -2.03. The van der Waals surface area contributed by atoms with Crippen molar-refractivity contribution in [2.24, 2.45) is 0 Å². The van der Waals surface area contributed by atoms with Crippen LogP contribution in [0.25, 0.3) is 0 Å². The van der Waals surface area contributed by atoms with E-state index in [1.165, 1.54) is 0 Å². The monoisotopic (exact) mass is 195 g/mol. The first-order valence-corrected chi connectivity index (χ1v) is 4.59. The molecule has 0 saturated heterocycles. The van der Waals surface area contributed by atoms with Crippen LogP contribution in [0.15, 0.2) is 0 Å². The predicted molar refractivity (Wildman–Crippen MR) is 30.2 cm³/mol. The molecule has 7 N–H and O–H groups in total. The van der Waals surface area contributed by atoms with Gasteiger partial charge in [-0.1, -0.05) is 0 Å². The maximum absolute atomic E-state index is 9.63. The normalized spacial score (nSPS) is 12.4. The molecule has 0 aliphatic rings. The van der Waals surface area contributed by atoms with Crippen molar-refractivity contribution in [3.8, 4) is 0 Å². The van der Waals surface area contributed by atoms with Crippen molar-refractivity contribution in [2.75, 3.05) is 0 Å². The van der Waals surface area contributed by atoms with E-state index in [4.69, 9.17) is 19.6 Å². The van der Waals surface area contributed by atoms with Crippen molar-refractivity contribution in [3.05, 3.63) is 0 Å². The van der Waals surface area contributed by atoms with E-state index in [0.29, 0.717) is 0 Å². The van der Waals surface area contributed by atoms with Crippen LogP contribution >= 0.6 is 15.6 Å². The third-order valence-corrected chi connectivity index (χ3v) is 1.91. The molecule has 0 amide bonds. The summed E-state index contributed by atoms with van der Waals surface area (Å²) in [6.45, 7) is 0. The summed E-state index contributed by atoms with van der Waals surface area (Å²) < 4.78 is 22.2. The van der Waals surface area contributed by atoms with Gasteiger partial charge in [-0.25, -0.2) is 9.13 Å². The van der Waals surface area contributed by atoms with Crippen LogP contribution in [0.2, 0.25) is 0 Å². The average Bonchev–Trinajstić information content (AvgIpc) is 1.14. The molecule has 0 radical (unpaired) electrons. The first-order valence-electron chi connectivity index (χ1n) is 1.53. The Morgan fingerprint density at radius 1 is 0.900 bits per heavy atom. The zero-order valence-electron chi connectivity index (χ0n) is 4.62. The minimum atomic E-state index is -5.05. The van der Waals surface area contributed by atoms with Crippen LogP contribution in [0.5, 0.6) is 0 Å². The van der Waals surface area contributed by atoms with Crippen LogP contribution in [0, 0.1) is 0 Å². The molecule has 0 rings (SSSR count). The molecule has 0 unspecified atom stereocenters. The summed E-state index contributed by atoms with van der Waals surface area (Å²) in [5.41, 5.74) is 0. The van der Waals surface area contributed by atoms with E-state index in [-0.39, 0.29) is 6.15 Å². The van der Waals surface area contributed by atoms with Crippen LogP contribution in [0.1, 0.15) is 0 Å². The van der Waals surface area contributed by atoms with Gasteiger partial charge in [-0.15, -0.1) is 0 Å². The molecule has 64 valence electrons. The van der Waals surface area contributed by atoms with Crippen molar-refractivity contribution in [2.45, 2.75) is 0 Å². The van der Waals surface area contributed by atoms with Crippen molar-refractivity contribution in [3.63, 3.8) is 0 Å². The van der Waals surface area contributed by atoms with Crippen LogP contribution in [0.3, 0.4) is 0 Å².